The van der Waals surface area contributed by atoms with E-state index in [9.17, 15) is 0 Å². The third-order valence-corrected chi connectivity index (χ3v) is 9.22. The zero-order valence-corrected chi connectivity index (χ0v) is 28.8. The minimum atomic E-state index is 0.951. The van der Waals surface area contributed by atoms with Crippen LogP contribution in [0.5, 0.6) is 11.5 Å². The molecule has 0 bridgehead atoms. The molecule has 244 valence electrons. The summed E-state index contributed by atoms with van der Waals surface area (Å²) < 4.78 is 6.43. The van der Waals surface area contributed by atoms with Crippen LogP contribution in [0.3, 0.4) is 0 Å². The van der Waals surface area contributed by atoms with Gasteiger partial charge in [-0.2, -0.15) is 0 Å². The Hall–Kier alpha value is -1.76. The predicted molar refractivity (Wildman–Crippen MR) is 192 cm³/mol. The Morgan fingerprint density at radius 3 is 1.23 bits per heavy atom. The van der Waals surface area contributed by atoms with Crippen LogP contribution < -0.4 is 4.74 Å². The fraction of sp³-hybridized carbons (Fsp3) is 0.714. The Kier molecular flexibility index (Phi) is 24.2. The first-order valence-corrected chi connectivity index (χ1v) is 19.2. The molecule has 0 spiro atoms. The van der Waals surface area contributed by atoms with E-state index in [1.807, 2.05) is 0 Å². The molecule has 0 saturated carbocycles. The van der Waals surface area contributed by atoms with Gasteiger partial charge in [-0.15, -0.1) is 0 Å². The van der Waals surface area contributed by atoms with Crippen molar-refractivity contribution in [1.29, 1.82) is 0 Å². The van der Waals surface area contributed by atoms with Crippen molar-refractivity contribution in [3.05, 3.63) is 59.7 Å². The van der Waals surface area contributed by atoms with Gasteiger partial charge in [0.25, 0.3) is 0 Å². The van der Waals surface area contributed by atoms with Crippen molar-refractivity contribution in [2.24, 2.45) is 0 Å². The summed E-state index contributed by atoms with van der Waals surface area (Å²) in [4.78, 5) is 0. The summed E-state index contributed by atoms with van der Waals surface area (Å²) >= 11 is 0. The van der Waals surface area contributed by atoms with E-state index in [-0.39, 0.29) is 0 Å². The van der Waals surface area contributed by atoms with E-state index in [4.69, 9.17) is 4.74 Å². The van der Waals surface area contributed by atoms with E-state index in [1.54, 1.807) is 0 Å². The first-order chi connectivity index (χ1) is 21.3. The minimum Gasteiger partial charge on any atom is -0.457 e. The standard InChI is InChI=1S/C42H70O/c1-3-5-7-9-11-13-15-17-19-21-23-25-28-32-39-36-37-40(42(38-39)43-41-34-30-27-31-35-41)33-29-26-24-22-20-18-16-14-12-10-8-6-4-2/h27,30-31,34-38H,3-26,28-29,32-33H2,1-2H3. The van der Waals surface area contributed by atoms with Gasteiger partial charge in [0.05, 0.1) is 0 Å². The maximum atomic E-state index is 6.43. The third-order valence-electron chi connectivity index (χ3n) is 9.22. The molecule has 1 heteroatoms. The van der Waals surface area contributed by atoms with Crippen molar-refractivity contribution in [2.45, 2.75) is 194 Å². The van der Waals surface area contributed by atoms with Crippen LogP contribution in [0.4, 0.5) is 0 Å². The van der Waals surface area contributed by atoms with Crippen molar-refractivity contribution in [2.75, 3.05) is 0 Å². The lowest BCUT2D eigenvalue weighted by molar-refractivity contribution is 0.472. The highest BCUT2D eigenvalue weighted by Crippen LogP contribution is 2.29. The van der Waals surface area contributed by atoms with E-state index in [0.717, 1.165) is 17.9 Å². The molecule has 43 heavy (non-hydrogen) atoms. The molecule has 0 amide bonds. The first kappa shape index (κ1) is 37.4. The number of hydrogen-bond acceptors (Lipinski definition) is 1. The van der Waals surface area contributed by atoms with Crippen LogP contribution in [0.15, 0.2) is 48.5 Å². The van der Waals surface area contributed by atoms with Crippen LogP contribution >= 0.6 is 0 Å². The number of aryl methyl sites for hydroxylation is 2. The summed E-state index contributed by atoms with van der Waals surface area (Å²) in [5.41, 5.74) is 2.81. The highest BCUT2D eigenvalue weighted by Gasteiger charge is 2.08. The molecular formula is C42H70O. The minimum absolute atomic E-state index is 0.951. The zero-order valence-electron chi connectivity index (χ0n) is 28.8. The number of para-hydroxylation sites is 1. The van der Waals surface area contributed by atoms with Crippen LogP contribution in [0, 0.1) is 0 Å². The van der Waals surface area contributed by atoms with Gasteiger partial charge >= 0.3 is 0 Å². The van der Waals surface area contributed by atoms with Gasteiger partial charge in [0.2, 0.25) is 0 Å². The number of hydrogen-bond donors (Lipinski definition) is 0. The zero-order chi connectivity index (χ0) is 30.5. The molecule has 0 heterocycles. The SMILES string of the molecule is CCCCCCCCCCCCCCCc1ccc(CCCCCCCCCCCCCCC)c(Oc2ccccc2)c1. The van der Waals surface area contributed by atoms with Crippen molar-refractivity contribution in [1.82, 2.24) is 0 Å². The molecule has 2 aromatic carbocycles. The Bertz CT molecular complexity index is 856. The van der Waals surface area contributed by atoms with Crippen LogP contribution in [-0.4, -0.2) is 0 Å². The van der Waals surface area contributed by atoms with Crippen molar-refractivity contribution in [3.8, 4) is 11.5 Å². The molecule has 0 aromatic heterocycles. The van der Waals surface area contributed by atoms with Gasteiger partial charge in [0.1, 0.15) is 11.5 Å². The molecule has 0 aliphatic heterocycles. The lowest BCUT2D eigenvalue weighted by Crippen LogP contribution is -1.96. The largest absolute Gasteiger partial charge is 0.457 e. The summed E-state index contributed by atoms with van der Waals surface area (Å²) in [5.74, 6) is 2.03. The number of rotatable bonds is 30. The number of ether oxygens (including phenoxy) is 1. The monoisotopic (exact) mass is 591 g/mol. The molecule has 0 N–H and O–H groups in total. The molecule has 2 aromatic rings. The van der Waals surface area contributed by atoms with Gasteiger partial charge in [0, 0.05) is 0 Å². The molecule has 0 aliphatic rings. The average molecular weight is 591 g/mol. The van der Waals surface area contributed by atoms with Crippen LogP contribution in [0.25, 0.3) is 0 Å². The highest BCUT2D eigenvalue weighted by molar-refractivity contribution is 5.41. The lowest BCUT2D eigenvalue weighted by atomic mass is 9.99. The van der Waals surface area contributed by atoms with Gasteiger partial charge in [-0.25, -0.2) is 0 Å². The summed E-state index contributed by atoms with van der Waals surface area (Å²) in [6, 6.07) is 17.4. The maximum Gasteiger partial charge on any atom is 0.130 e. The van der Waals surface area contributed by atoms with E-state index in [0.29, 0.717) is 0 Å². The molecular weight excluding hydrogens is 520 g/mol. The van der Waals surface area contributed by atoms with Gasteiger partial charge in [-0.3, -0.25) is 0 Å². The summed E-state index contributed by atoms with van der Waals surface area (Å²) in [7, 11) is 0. The number of benzene rings is 2. The summed E-state index contributed by atoms with van der Waals surface area (Å²) in [6.45, 7) is 4.60. The quantitative estimate of drug-likeness (QED) is 0.0822. The van der Waals surface area contributed by atoms with Crippen molar-refractivity contribution < 1.29 is 4.74 Å². The smallest absolute Gasteiger partial charge is 0.130 e. The fourth-order valence-electron chi connectivity index (χ4n) is 6.35. The second kappa shape index (κ2) is 27.8. The molecule has 0 fully saturated rings. The topological polar surface area (TPSA) is 9.23 Å². The van der Waals surface area contributed by atoms with E-state index < -0.39 is 0 Å². The molecule has 1 nitrogen and oxygen atoms in total. The fourth-order valence-corrected chi connectivity index (χ4v) is 6.35. The Morgan fingerprint density at radius 2 is 0.791 bits per heavy atom. The molecule has 0 radical (unpaired) electrons. The highest BCUT2D eigenvalue weighted by atomic mass is 16.5. The average Bonchev–Trinajstić information content (AvgIpc) is 3.03. The summed E-state index contributed by atoms with van der Waals surface area (Å²) in [5, 5.41) is 0. The Morgan fingerprint density at radius 1 is 0.395 bits per heavy atom. The maximum absolute atomic E-state index is 6.43. The number of unbranched alkanes of at least 4 members (excludes halogenated alkanes) is 24. The molecule has 0 atom stereocenters. The first-order valence-electron chi connectivity index (χ1n) is 19.2. The Labute approximate surface area is 269 Å². The van der Waals surface area contributed by atoms with E-state index in [2.05, 4.69) is 62.4 Å². The van der Waals surface area contributed by atoms with E-state index in [1.165, 1.54) is 184 Å². The van der Waals surface area contributed by atoms with Gasteiger partial charge in [-0.1, -0.05) is 198 Å². The molecule has 2 rings (SSSR count). The second-order valence-corrected chi connectivity index (χ2v) is 13.3. The van der Waals surface area contributed by atoms with Crippen LogP contribution in [-0.2, 0) is 12.8 Å². The molecule has 0 unspecified atom stereocenters. The van der Waals surface area contributed by atoms with Gasteiger partial charge in [0.15, 0.2) is 0 Å². The van der Waals surface area contributed by atoms with E-state index >= 15 is 0 Å². The van der Waals surface area contributed by atoms with Crippen molar-refractivity contribution in [3.63, 3.8) is 0 Å². The van der Waals surface area contributed by atoms with Crippen LogP contribution in [0.2, 0.25) is 0 Å². The lowest BCUT2D eigenvalue weighted by Gasteiger charge is -2.14. The second-order valence-electron chi connectivity index (χ2n) is 13.3. The van der Waals surface area contributed by atoms with Gasteiger partial charge < -0.3 is 4.74 Å². The molecule has 0 saturated heterocycles. The Balaban J connectivity index is 1.61. The predicted octanol–water partition coefficient (Wildman–Crippen LogP) is 14.7. The normalized spacial score (nSPS) is 11.3. The van der Waals surface area contributed by atoms with Crippen LogP contribution in [0.1, 0.15) is 192 Å². The van der Waals surface area contributed by atoms with Crippen molar-refractivity contribution >= 4 is 0 Å². The van der Waals surface area contributed by atoms with Gasteiger partial charge in [-0.05, 0) is 55.0 Å². The third kappa shape index (κ3) is 20.8. The molecule has 0 aliphatic carbocycles. The summed E-state index contributed by atoms with van der Waals surface area (Å²) in [6.07, 6.45) is 38.9.